The van der Waals surface area contributed by atoms with E-state index in [2.05, 4.69) is 14.2 Å². The molecule has 1 aliphatic rings. The largest absolute Gasteiger partial charge is 0.468 e. The van der Waals surface area contributed by atoms with E-state index in [1.54, 1.807) is 0 Å². The second kappa shape index (κ2) is 7.49. The normalized spacial score (nSPS) is 12.9. The molecule has 126 valence electrons. The van der Waals surface area contributed by atoms with Crippen LogP contribution in [0.1, 0.15) is 23.2 Å². The van der Waals surface area contributed by atoms with Crippen LogP contribution in [-0.2, 0) is 34.7 Å². The lowest BCUT2D eigenvalue weighted by molar-refractivity contribution is -0.141. The summed E-state index contributed by atoms with van der Waals surface area (Å²) >= 11 is 1.48. The maximum absolute atomic E-state index is 12.2. The number of benzene rings is 1. The van der Waals surface area contributed by atoms with Crippen molar-refractivity contribution in [3.05, 3.63) is 51.4 Å². The highest BCUT2D eigenvalue weighted by Crippen LogP contribution is 2.26. The molecule has 1 aromatic heterocycles. The lowest BCUT2D eigenvalue weighted by atomic mass is 10.2. The summed E-state index contributed by atoms with van der Waals surface area (Å²) in [7, 11) is 4.03. The molecule has 0 bridgehead atoms. The monoisotopic (exact) mass is 362 g/mol. The second-order valence-electron chi connectivity index (χ2n) is 5.67. The van der Waals surface area contributed by atoms with Crippen LogP contribution in [-0.4, -0.2) is 22.6 Å². The zero-order valence-electron chi connectivity index (χ0n) is 13.4. The number of carbonyl (C=O) groups excluding carboxylic acids is 1. The number of carbonyl (C=O) groups is 1. The number of esters is 1. The predicted molar refractivity (Wildman–Crippen MR) is 97.9 cm³/mol. The summed E-state index contributed by atoms with van der Waals surface area (Å²) in [5, 5.41) is 1.71. The van der Waals surface area contributed by atoms with Crippen LogP contribution in [0.15, 0.2) is 34.2 Å². The summed E-state index contributed by atoms with van der Waals surface area (Å²) < 4.78 is 6.65. The molecule has 24 heavy (non-hydrogen) atoms. The van der Waals surface area contributed by atoms with E-state index in [4.69, 9.17) is 4.74 Å². The van der Waals surface area contributed by atoms with Gasteiger partial charge in [0.05, 0.1) is 7.11 Å². The van der Waals surface area contributed by atoms with Gasteiger partial charge in [-0.1, -0.05) is 36.0 Å². The predicted octanol–water partition coefficient (Wildman–Crippen LogP) is 1.70. The first-order valence-electron chi connectivity index (χ1n) is 7.75. The quantitative estimate of drug-likeness (QED) is 0.351. The number of aromatic nitrogens is 2. The molecule has 0 spiro atoms. The molecule has 5 nitrogen and oxygen atoms in total. The van der Waals surface area contributed by atoms with Crippen LogP contribution < -0.4 is 10.9 Å². The number of hydrogen-bond acceptors (Lipinski definition) is 5. The van der Waals surface area contributed by atoms with Gasteiger partial charge in [-0.3, -0.25) is 9.59 Å². The fourth-order valence-electron chi connectivity index (χ4n) is 2.81. The molecule has 0 saturated carbocycles. The van der Waals surface area contributed by atoms with Gasteiger partial charge in [0, 0.05) is 17.0 Å². The molecule has 1 atom stereocenters. The van der Waals surface area contributed by atoms with Crippen molar-refractivity contribution >= 4 is 32.3 Å². The van der Waals surface area contributed by atoms with Gasteiger partial charge in [-0.2, -0.15) is 4.98 Å². The minimum atomic E-state index is -0.330. The number of fused-ring (bicyclic) bond motifs is 1. The molecule has 0 aliphatic heterocycles. The molecular weight excluding hydrogens is 343 g/mol. The van der Waals surface area contributed by atoms with Crippen molar-refractivity contribution in [1.82, 2.24) is 9.55 Å². The molecule has 0 fully saturated rings. The zero-order chi connectivity index (χ0) is 17.1. The van der Waals surface area contributed by atoms with Crippen molar-refractivity contribution in [1.29, 1.82) is 0 Å². The van der Waals surface area contributed by atoms with E-state index < -0.39 is 0 Å². The summed E-state index contributed by atoms with van der Waals surface area (Å²) in [6.45, 7) is 0.0962. The molecule has 0 radical (unpaired) electrons. The average molecular weight is 362 g/mol. The number of hydrogen-bond donors (Lipinski definition) is 0. The molecule has 2 aromatic rings. The van der Waals surface area contributed by atoms with Crippen molar-refractivity contribution in [2.24, 2.45) is 0 Å². The number of ether oxygens (including phenoxy) is 1. The Labute approximate surface area is 147 Å². The highest BCUT2D eigenvalue weighted by Gasteiger charge is 2.23. The Hall–Kier alpha value is -1.65. The maximum Gasteiger partial charge on any atom is 0.325 e. The highest BCUT2D eigenvalue weighted by molar-refractivity contribution is 7.98. The Morgan fingerprint density at radius 2 is 2.08 bits per heavy atom. The first kappa shape index (κ1) is 17.2. The van der Waals surface area contributed by atoms with E-state index in [0.717, 1.165) is 41.4 Å². The number of methoxy groups -OCH3 is 1. The van der Waals surface area contributed by atoms with E-state index in [-0.39, 0.29) is 18.1 Å². The van der Waals surface area contributed by atoms with Crippen molar-refractivity contribution in [3.63, 3.8) is 0 Å². The third-order valence-corrected chi connectivity index (χ3v) is 5.50. The summed E-state index contributed by atoms with van der Waals surface area (Å²) in [4.78, 5) is 28.2. The van der Waals surface area contributed by atoms with Crippen LogP contribution >= 0.6 is 21.0 Å². The Bertz CT molecular complexity index is 818. The van der Waals surface area contributed by atoms with Crippen molar-refractivity contribution in [3.8, 4) is 0 Å². The van der Waals surface area contributed by atoms with Crippen molar-refractivity contribution < 1.29 is 9.53 Å². The fraction of sp³-hybridized carbons (Fsp3) is 0.353. The van der Waals surface area contributed by atoms with E-state index in [1.165, 1.54) is 18.9 Å². The Kier molecular flexibility index (Phi) is 5.36. The lowest BCUT2D eigenvalue weighted by Crippen LogP contribution is -2.24. The minimum absolute atomic E-state index is 0.0962. The van der Waals surface area contributed by atoms with Crippen LogP contribution in [0.4, 0.5) is 0 Å². The van der Waals surface area contributed by atoms with Crippen LogP contribution in [0, 0.1) is 0 Å². The van der Waals surface area contributed by atoms with E-state index in [0.29, 0.717) is 10.9 Å². The molecule has 1 unspecified atom stereocenters. The molecule has 1 aliphatic carbocycles. The Morgan fingerprint density at radius 3 is 2.79 bits per heavy atom. The summed E-state index contributed by atoms with van der Waals surface area (Å²) in [5.74, 6) is 0.362. The molecule has 7 heteroatoms. The molecule has 3 rings (SSSR count). The first-order valence-corrected chi connectivity index (χ1v) is 9.31. The van der Waals surface area contributed by atoms with Crippen LogP contribution in [0.3, 0.4) is 0 Å². The Morgan fingerprint density at radius 1 is 1.33 bits per heavy atom. The molecule has 0 saturated heterocycles. The van der Waals surface area contributed by atoms with Gasteiger partial charge < -0.3 is 9.30 Å². The summed E-state index contributed by atoms with van der Waals surface area (Å²) in [6.07, 6.45) is 2.47. The zero-order valence-corrected chi connectivity index (χ0v) is 15.4. The van der Waals surface area contributed by atoms with Crippen LogP contribution in [0.25, 0.3) is 0 Å². The fourth-order valence-corrected chi connectivity index (χ4v) is 3.97. The number of nitrogens with zero attached hydrogens (tertiary/aromatic N) is 2. The van der Waals surface area contributed by atoms with Gasteiger partial charge in [0.2, 0.25) is 0 Å². The molecule has 0 N–H and O–H groups in total. The van der Waals surface area contributed by atoms with E-state index in [9.17, 15) is 9.59 Å². The van der Waals surface area contributed by atoms with Gasteiger partial charge in [0.1, 0.15) is 6.54 Å². The van der Waals surface area contributed by atoms with Crippen LogP contribution in [0.5, 0.6) is 0 Å². The van der Waals surface area contributed by atoms with Gasteiger partial charge in [0.15, 0.2) is 5.16 Å². The standard InChI is InChI=1S/C17H19N2O3PS/c1-22-15(20)9-19-14-4-2-3-13(14)16(21)18-17(19)24-10-11-5-7-12(23)8-6-11/h5-8H,2-4,9-10,23H2,1H3. The topological polar surface area (TPSA) is 61.2 Å². The van der Waals surface area contributed by atoms with Crippen LogP contribution in [0.2, 0.25) is 0 Å². The third-order valence-electron chi connectivity index (χ3n) is 4.06. The SMILES string of the molecule is COC(=O)Cn1c(SCc2ccc(P)cc2)nc(=O)c2c1CCC2. The van der Waals surface area contributed by atoms with Gasteiger partial charge in [-0.15, -0.1) is 9.24 Å². The third kappa shape index (κ3) is 3.70. The van der Waals surface area contributed by atoms with E-state index in [1.807, 2.05) is 28.8 Å². The molecule has 1 heterocycles. The van der Waals surface area contributed by atoms with Gasteiger partial charge in [0.25, 0.3) is 5.56 Å². The van der Waals surface area contributed by atoms with Gasteiger partial charge >= 0.3 is 5.97 Å². The van der Waals surface area contributed by atoms with Gasteiger partial charge in [-0.25, -0.2) is 0 Å². The van der Waals surface area contributed by atoms with Crippen molar-refractivity contribution in [2.75, 3.05) is 7.11 Å². The van der Waals surface area contributed by atoms with Crippen molar-refractivity contribution in [2.45, 2.75) is 36.7 Å². The summed E-state index contributed by atoms with van der Waals surface area (Å²) in [5.41, 5.74) is 2.66. The lowest BCUT2D eigenvalue weighted by Gasteiger charge is -2.16. The summed E-state index contributed by atoms with van der Waals surface area (Å²) in [6, 6.07) is 8.15. The molecule has 1 aromatic carbocycles. The van der Waals surface area contributed by atoms with E-state index >= 15 is 0 Å². The minimum Gasteiger partial charge on any atom is -0.468 e. The number of thioether (sulfide) groups is 1. The van der Waals surface area contributed by atoms with Gasteiger partial charge in [-0.05, 0) is 30.1 Å². The molecule has 0 amide bonds. The average Bonchev–Trinajstić information content (AvgIpc) is 3.07. The number of rotatable bonds is 5. The smallest absolute Gasteiger partial charge is 0.325 e. The second-order valence-corrected chi connectivity index (χ2v) is 7.28. The Balaban J connectivity index is 1.90. The molecular formula is C17H19N2O3PS. The first-order chi connectivity index (χ1) is 11.6. The highest BCUT2D eigenvalue weighted by atomic mass is 32.2. The maximum atomic E-state index is 12.2.